The molecule has 0 spiro atoms. The minimum absolute atomic E-state index is 0.0145. The molecule has 7 heteroatoms. The summed E-state index contributed by atoms with van der Waals surface area (Å²) in [4.78, 5) is 30.0. The molecule has 1 saturated carbocycles. The Hall–Kier alpha value is -3.40. The van der Waals surface area contributed by atoms with Gasteiger partial charge in [-0.05, 0) is 57.4 Å². The van der Waals surface area contributed by atoms with Crippen molar-refractivity contribution in [2.45, 2.75) is 51.6 Å². The molecule has 1 atom stereocenters. The van der Waals surface area contributed by atoms with Crippen LogP contribution >= 0.6 is 0 Å². The lowest BCUT2D eigenvalue weighted by molar-refractivity contribution is -0.121. The molecule has 31 heavy (non-hydrogen) atoms. The van der Waals surface area contributed by atoms with E-state index in [0.29, 0.717) is 34.8 Å². The SMILES string of the molecule is COc1ccc(C(Cc2cccc(C#N)n2)C(=O)C2CC2)c(NC(=O)OC(C)(C)C)c1. The molecule has 1 aliphatic carbocycles. The predicted octanol–water partition coefficient (Wildman–Crippen LogP) is 4.61. The standard InChI is InChI=1S/C24H27N3O4/c1-24(2,3)31-23(29)27-21-13-18(30-4)10-11-19(21)20(22(28)15-8-9-15)12-16-6-5-7-17(14-25)26-16/h5-7,10-11,13,15,20H,8-9,12H2,1-4H3,(H,27,29). The number of nitrogens with zero attached hydrogens (tertiary/aromatic N) is 2. The summed E-state index contributed by atoms with van der Waals surface area (Å²) in [6.07, 6.45) is 1.46. The molecule has 1 amide bonds. The number of ketones is 1. The molecule has 0 aliphatic heterocycles. The number of hydrogen-bond donors (Lipinski definition) is 1. The monoisotopic (exact) mass is 421 g/mol. The van der Waals surface area contributed by atoms with Crippen molar-refractivity contribution in [3.05, 3.63) is 53.3 Å². The van der Waals surface area contributed by atoms with Gasteiger partial charge in [-0.15, -0.1) is 0 Å². The van der Waals surface area contributed by atoms with Gasteiger partial charge < -0.3 is 9.47 Å². The molecule has 1 aromatic carbocycles. The van der Waals surface area contributed by atoms with Gasteiger partial charge >= 0.3 is 6.09 Å². The number of ether oxygens (including phenoxy) is 2. The van der Waals surface area contributed by atoms with Crippen molar-refractivity contribution in [3.63, 3.8) is 0 Å². The fraction of sp³-hybridized carbons (Fsp3) is 0.417. The first-order valence-corrected chi connectivity index (χ1v) is 10.3. The van der Waals surface area contributed by atoms with Gasteiger partial charge in [-0.25, -0.2) is 9.78 Å². The lowest BCUT2D eigenvalue weighted by atomic mass is 9.86. The van der Waals surface area contributed by atoms with E-state index in [-0.39, 0.29) is 11.7 Å². The summed E-state index contributed by atoms with van der Waals surface area (Å²) >= 11 is 0. The van der Waals surface area contributed by atoms with E-state index in [1.54, 1.807) is 57.2 Å². The van der Waals surface area contributed by atoms with Crippen LogP contribution in [0.4, 0.5) is 10.5 Å². The highest BCUT2D eigenvalue weighted by Crippen LogP contribution is 2.40. The van der Waals surface area contributed by atoms with Gasteiger partial charge in [-0.2, -0.15) is 5.26 Å². The van der Waals surface area contributed by atoms with Crippen LogP contribution in [0.3, 0.4) is 0 Å². The van der Waals surface area contributed by atoms with Gasteiger partial charge in [0, 0.05) is 24.1 Å². The molecule has 1 fully saturated rings. The third kappa shape index (κ3) is 6.05. The van der Waals surface area contributed by atoms with Gasteiger partial charge in [0.15, 0.2) is 0 Å². The summed E-state index contributed by atoms with van der Waals surface area (Å²) in [5.74, 6) is 0.170. The van der Waals surface area contributed by atoms with Gasteiger partial charge in [0.2, 0.25) is 0 Å². The number of amides is 1. The number of anilines is 1. The lowest BCUT2D eigenvalue weighted by Gasteiger charge is -2.23. The molecule has 0 radical (unpaired) electrons. The average molecular weight is 421 g/mol. The molecule has 0 saturated heterocycles. The fourth-order valence-electron chi connectivity index (χ4n) is 3.37. The number of pyridine rings is 1. The van der Waals surface area contributed by atoms with E-state index in [2.05, 4.69) is 10.3 Å². The van der Waals surface area contributed by atoms with Crippen molar-refractivity contribution in [2.75, 3.05) is 12.4 Å². The maximum atomic E-state index is 13.2. The van der Waals surface area contributed by atoms with Crippen LogP contribution in [0.2, 0.25) is 0 Å². The molecule has 0 bridgehead atoms. The van der Waals surface area contributed by atoms with Crippen molar-refractivity contribution in [2.24, 2.45) is 5.92 Å². The zero-order chi connectivity index (χ0) is 22.6. The van der Waals surface area contributed by atoms with Crippen LogP contribution in [0.5, 0.6) is 5.75 Å². The van der Waals surface area contributed by atoms with Crippen LogP contribution in [0, 0.1) is 17.2 Å². The first kappa shape index (κ1) is 22.3. The Balaban J connectivity index is 1.98. The highest BCUT2D eigenvalue weighted by atomic mass is 16.6. The first-order valence-electron chi connectivity index (χ1n) is 10.3. The van der Waals surface area contributed by atoms with Crippen molar-refractivity contribution in [3.8, 4) is 11.8 Å². The van der Waals surface area contributed by atoms with E-state index in [0.717, 1.165) is 12.8 Å². The Morgan fingerprint density at radius 2 is 2.00 bits per heavy atom. The van der Waals surface area contributed by atoms with Gasteiger partial charge in [0.25, 0.3) is 0 Å². The normalized spacial score (nSPS) is 14.3. The average Bonchev–Trinajstić information content (AvgIpc) is 3.56. The van der Waals surface area contributed by atoms with Crippen LogP contribution in [0.25, 0.3) is 0 Å². The molecule has 3 rings (SSSR count). The Morgan fingerprint density at radius 1 is 1.26 bits per heavy atom. The second kappa shape index (κ2) is 9.17. The number of nitrogens with one attached hydrogen (secondary N) is 1. The van der Waals surface area contributed by atoms with Crippen LogP contribution in [-0.2, 0) is 16.0 Å². The fourth-order valence-corrected chi connectivity index (χ4v) is 3.37. The number of methoxy groups -OCH3 is 1. The number of nitriles is 1. The molecular formula is C24H27N3O4. The summed E-state index contributed by atoms with van der Waals surface area (Å²) in [5, 5.41) is 11.9. The van der Waals surface area contributed by atoms with E-state index in [9.17, 15) is 9.59 Å². The molecule has 162 valence electrons. The third-order valence-electron chi connectivity index (χ3n) is 4.93. The van der Waals surface area contributed by atoms with Crippen LogP contribution in [0.1, 0.15) is 56.5 Å². The molecule has 1 aromatic heterocycles. The first-order chi connectivity index (χ1) is 14.7. The Bertz CT molecular complexity index is 1020. The number of carbonyl (C=O) groups is 2. The molecule has 1 unspecified atom stereocenters. The minimum atomic E-state index is -0.659. The van der Waals surface area contributed by atoms with E-state index >= 15 is 0 Å². The third-order valence-corrected chi connectivity index (χ3v) is 4.93. The van der Waals surface area contributed by atoms with Crippen molar-refractivity contribution in [1.82, 2.24) is 4.98 Å². The number of hydrogen-bond acceptors (Lipinski definition) is 6. The number of Topliss-reactive ketones (excluding diaryl/α,β-unsaturated/α-hetero) is 1. The van der Waals surface area contributed by atoms with E-state index in [1.165, 1.54) is 7.11 Å². The number of aromatic nitrogens is 1. The van der Waals surface area contributed by atoms with Crippen molar-refractivity contribution < 1.29 is 19.1 Å². The van der Waals surface area contributed by atoms with Gasteiger partial charge in [-0.1, -0.05) is 12.1 Å². The topological polar surface area (TPSA) is 101 Å². The highest BCUT2D eigenvalue weighted by molar-refractivity contribution is 5.94. The second-order valence-electron chi connectivity index (χ2n) is 8.64. The van der Waals surface area contributed by atoms with E-state index < -0.39 is 17.6 Å². The largest absolute Gasteiger partial charge is 0.497 e. The quantitative estimate of drug-likeness (QED) is 0.700. The Morgan fingerprint density at radius 3 is 2.61 bits per heavy atom. The maximum Gasteiger partial charge on any atom is 0.412 e. The van der Waals surface area contributed by atoms with E-state index in [4.69, 9.17) is 14.7 Å². The number of carbonyl (C=O) groups excluding carboxylic acids is 2. The predicted molar refractivity (Wildman–Crippen MR) is 116 cm³/mol. The summed E-state index contributed by atoms with van der Waals surface area (Å²) < 4.78 is 10.7. The smallest absolute Gasteiger partial charge is 0.412 e. The number of benzene rings is 1. The minimum Gasteiger partial charge on any atom is -0.497 e. The summed E-state index contributed by atoms with van der Waals surface area (Å²) in [5.41, 5.74) is 1.43. The van der Waals surface area contributed by atoms with Crippen LogP contribution in [-0.4, -0.2) is 29.6 Å². The molecule has 7 nitrogen and oxygen atoms in total. The molecule has 1 heterocycles. The molecule has 1 aliphatic rings. The highest BCUT2D eigenvalue weighted by Gasteiger charge is 2.37. The molecule has 1 N–H and O–H groups in total. The van der Waals surface area contributed by atoms with E-state index in [1.807, 2.05) is 6.07 Å². The van der Waals surface area contributed by atoms with Crippen molar-refractivity contribution >= 4 is 17.6 Å². The maximum absolute atomic E-state index is 13.2. The van der Waals surface area contributed by atoms with Gasteiger partial charge in [0.05, 0.1) is 18.7 Å². The summed E-state index contributed by atoms with van der Waals surface area (Å²) in [6, 6.07) is 12.5. The summed E-state index contributed by atoms with van der Waals surface area (Å²) in [6.45, 7) is 5.35. The van der Waals surface area contributed by atoms with Gasteiger partial charge in [-0.3, -0.25) is 10.1 Å². The Kier molecular flexibility index (Phi) is 6.59. The number of rotatable bonds is 7. The molecule has 2 aromatic rings. The van der Waals surface area contributed by atoms with Crippen LogP contribution < -0.4 is 10.1 Å². The van der Waals surface area contributed by atoms with Crippen molar-refractivity contribution in [1.29, 1.82) is 5.26 Å². The zero-order valence-corrected chi connectivity index (χ0v) is 18.3. The zero-order valence-electron chi connectivity index (χ0n) is 18.3. The lowest BCUT2D eigenvalue weighted by Crippen LogP contribution is -2.28. The van der Waals surface area contributed by atoms with Crippen LogP contribution in [0.15, 0.2) is 36.4 Å². The molecular weight excluding hydrogens is 394 g/mol. The summed E-state index contributed by atoms with van der Waals surface area (Å²) in [7, 11) is 1.54. The van der Waals surface area contributed by atoms with Gasteiger partial charge in [0.1, 0.15) is 28.9 Å². The Labute approximate surface area is 182 Å². The second-order valence-corrected chi connectivity index (χ2v) is 8.64.